The molecule has 4 heteroatoms. The second-order valence-electron chi connectivity index (χ2n) is 4.81. The fraction of sp³-hybridized carbons (Fsp3) is 0.118. The van der Waals surface area contributed by atoms with Crippen molar-refractivity contribution >= 4 is 10.8 Å². The summed E-state index contributed by atoms with van der Waals surface area (Å²) in [5.41, 5.74) is 0.762. The van der Waals surface area contributed by atoms with E-state index in [1.165, 1.54) is 18.2 Å². The van der Waals surface area contributed by atoms with Crippen LogP contribution in [0.3, 0.4) is 0 Å². The normalized spacial score (nSPS) is 12.5. The molecule has 0 fully saturated rings. The maximum atomic E-state index is 14.1. The number of benzene rings is 2. The fourth-order valence-electron chi connectivity index (χ4n) is 2.61. The molecule has 1 atom stereocenters. The smallest absolute Gasteiger partial charge is 0.131 e. The maximum absolute atomic E-state index is 14.1. The highest BCUT2D eigenvalue weighted by atomic mass is 19.1. The largest absolute Gasteiger partial charge is 0.309 e. The average molecular weight is 284 g/mol. The van der Waals surface area contributed by atoms with Gasteiger partial charge in [0.2, 0.25) is 0 Å². The van der Waals surface area contributed by atoms with Gasteiger partial charge in [0.05, 0.1) is 6.04 Å². The molecule has 21 heavy (non-hydrogen) atoms. The molecule has 0 saturated heterocycles. The Bertz CT molecular complexity index is 761. The minimum absolute atomic E-state index is 0.0122. The zero-order valence-corrected chi connectivity index (χ0v) is 11.5. The standard InChI is InChI=1S/C17H14F2N2/c1-20-17(16-14(18)7-4-8-15(16)19)13-10-21-9-11-5-2-3-6-12(11)13/h2-10,17,20H,1H3. The summed E-state index contributed by atoms with van der Waals surface area (Å²) >= 11 is 0. The van der Waals surface area contributed by atoms with Gasteiger partial charge in [0, 0.05) is 23.3 Å². The highest BCUT2D eigenvalue weighted by Gasteiger charge is 2.22. The molecule has 1 heterocycles. The van der Waals surface area contributed by atoms with E-state index in [4.69, 9.17) is 0 Å². The zero-order valence-electron chi connectivity index (χ0n) is 11.5. The van der Waals surface area contributed by atoms with Crippen molar-refractivity contribution in [3.63, 3.8) is 0 Å². The van der Waals surface area contributed by atoms with Gasteiger partial charge in [-0.1, -0.05) is 30.3 Å². The van der Waals surface area contributed by atoms with E-state index in [-0.39, 0.29) is 5.56 Å². The van der Waals surface area contributed by atoms with Crippen LogP contribution in [0.15, 0.2) is 54.9 Å². The molecular formula is C17H14F2N2. The van der Waals surface area contributed by atoms with Gasteiger partial charge in [-0.15, -0.1) is 0 Å². The lowest BCUT2D eigenvalue weighted by Crippen LogP contribution is -2.21. The van der Waals surface area contributed by atoms with E-state index in [1.54, 1.807) is 19.4 Å². The Kier molecular flexibility index (Phi) is 3.62. The van der Waals surface area contributed by atoms with E-state index in [2.05, 4.69) is 10.3 Å². The third-order valence-corrected chi connectivity index (χ3v) is 3.59. The van der Waals surface area contributed by atoms with Crippen LogP contribution in [-0.2, 0) is 0 Å². The Hall–Kier alpha value is -2.33. The lowest BCUT2D eigenvalue weighted by Gasteiger charge is -2.20. The van der Waals surface area contributed by atoms with Gasteiger partial charge in [-0.25, -0.2) is 8.78 Å². The average Bonchev–Trinajstić information content (AvgIpc) is 2.51. The van der Waals surface area contributed by atoms with Crippen LogP contribution < -0.4 is 5.32 Å². The molecule has 0 amide bonds. The molecular weight excluding hydrogens is 270 g/mol. The molecule has 1 unspecified atom stereocenters. The molecule has 0 aliphatic heterocycles. The quantitative estimate of drug-likeness (QED) is 0.791. The minimum atomic E-state index is -0.593. The van der Waals surface area contributed by atoms with E-state index < -0.39 is 17.7 Å². The molecule has 0 aliphatic rings. The van der Waals surface area contributed by atoms with E-state index in [1.807, 2.05) is 24.3 Å². The van der Waals surface area contributed by atoms with Gasteiger partial charge in [-0.3, -0.25) is 4.98 Å². The first-order valence-electron chi connectivity index (χ1n) is 6.66. The van der Waals surface area contributed by atoms with Crippen molar-refractivity contribution in [3.05, 3.63) is 77.6 Å². The molecule has 2 nitrogen and oxygen atoms in total. The number of nitrogens with zero attached hydrogens (tertiary/aromatic N) is 1. The summed E-state index contributed by atoms with van der Waals surface area (Å²) in [6.07, 6.45) is 3.39. The predicted octanol–water partition coefficient (Wildman–Crippen LogP) is 3.82. The van der Waals surface area contributed by atoms with Gasteiger partial charge in [0.15, 0.2) is 0 Å². The summed E-state index contributed by atoms with van der Waals surface area (Å²) in [5, 5.41) is 4.85. The van der Waals surface area contributed by atoms with E-state index in [0.29, 0.717) is 0 Å². The Morgan fingerprint density at radius 3 is 2.38 bits per heavy atom. The van der Waals surface area contributed by atoms with Crippen molar-refractivity contribution in [1.82, 2.24) is 10.3 Å². The minimum Gasteiger partial charge on any atom is -0.309 e. The van der Waals surface area contributed by atoms with Gasteiger partial charge in [-0.2, -0.15) is 0 Å². The van der Waals surface area contributed by atoms with Gasteiger partial charge in [0.25, 0.3) is 0 Å². The fourth-order valence-corrected chi connectivity index (χ4v) is 2.61. The molecule has 1 N–H and O–H groups in total. The Balaban J connectivity index is 2.24. The van der Waals surface area contributed by atoms with E-state index in [0.717, 1.165) is 16.3 Å². The van der Waals surface area contributed by atoms with Crippen LogP contribution in [0.1, 0.15) is 17.2 Å². The number of hydrogen-bond acceptors (Lipinski definition) is 2. The molecule has 3 aromatic rings. The summed E-state index contributed by atoms with van der Waals surface area (Å²) in [4.78, 5) is 4.18. The summed E-state index contributed by atoms with van der Waals surface area (Å²) in [6.45, 7) is 0. The molecule has 106 valence electrons. The molecule has 0 aliphatic carbocycles. The number of halogens is 2. The maximum Gasteiger partial charge on any atom is 0.131 e. The molecule has 0 bridgehead atoms. The van der Waals surface area contributed by atoms with Crippen LogP contribution in [0.2, 0.25) is 0 Å². The second kappa shape index (κ2) is 5.58. The van der Waals surface area contributed by atoms with Crippen molar-refractivity contribution in [2.45, 2.75) is 6.04 Å². The number of nitrogens with one attached hydrogen (secondary N) is 1. The SMILES string of the molecule is CNC(c1c(F)cccc1F)c1cncc2ccccc12. The molecule has 0 radical (unpaired) electrons. The van der Waals surface area contributed by atoms with Gasteiger partial charge in [-0.05, 0) is 30.1 Å². The monoisotopic (exact) mass is 284 g/mol. The topological polar surface area (TPSA) is 24.9 Å². The van der Waals surface area contributed by atoms with Crippen LogP contribution in [0, 0.1) is 11.6 Å². The third-order valence-electron chi connectivity index (χ3n) is 3.59. The number of pyridine rings is 1. The first kappa shape index (κ1) is 13.6. The Morgan fingerprint density at radius 2 is 1.67 bits per heavy atom. The Labute approximate surface area is 121 Å². The molecule has 0 saturated carbocycles. The van der Waals surface area contributed by atoms with Gasteiger partial charge in [0.1, 0.15) is 11.6 Å². The second-order valence-corrected chi connectivity index (χ2v) is 4.81. The lowest BCUT2D eigenvalue weighted by atomic mass is 9.95. The highest BCUT2D eigenvalue weighted by molar-refractivity contribution is 5.85. The first-order chi connectivity index (χ1) is 10.2. The van der Waals surface area contributed by atoms with Crippen molar-refractivity contribution in [2.75, 3.05) is 7.05 Å². The van der Waals surface area contributed by atoms with Gasteiger partial charge >= 0.3 is 0 Å². The molecule has 1 aromatic heterocycles. The number of hydrogen-bond donors (Lipinski definition) is 1. The van der Waals surface area contributed by atoms with Crippen molar-refractivity contribution in [3.8, 4) is 0 Å². The summed E-state index contributed by atoms with van der Waals surface area (Å²) in [7, 11) is 1.68. The third kappa shape index (κ3) is 2.38. The van der Waals surface area contributed by atoms with Crippen LogP contribution in [0.4, 0.5) is 8.78 Å². The number of fused-ring (bicyclic) bond motifs is 1. The number of aromatic nitrogens is 1. The Morgan fingerprint density at radius 1 is 0.952 bits per heavy atom. The number of rotatable bonds is 3. The van der Waals surface area contributed by atoms with Crippen LogP contribution >= 0.6 is 0 Å². The van der Waals surface area contributed by atoms with E-state index in [9.17, 15) is 8.78 Å². The summed E-state index contributed by atoms with van der Waals surface area (Å²) in [6, 6.07) is 11.0. The van der Waals surface area contributed by atoms with Crippen LogP contribution in [-0.4, -0.2) is 12.0 Å². The zero-order chi connectivity index (χ0) is 14.8. The van der Waals surface area contributed by atoms with Crippen LogP contribution in [0.5, 0.6) is 0 Å². The highest BCUT2D eigenvalue weighted by Crippen LogP contribution is 2.30. The van der Waals surface area contributed by atoms with Crippen molar-refractivity contribution in [2.24, 2.45) is 0 Å². The lowest BCUT2D eigenvalue weighted by molar-refractivity contribution is 0.523. The van der Waals surface area contributed by atoms with E-state index >= 15 is 0 Å². The summed E-state index contributed by atoms with van der Waals surface area (Å²) in [5.74, 6) is -1.13. The van der Waals surface area contributed by atoms with Gasteiger partial charge < -0.3 is 5.32 Å². The van der Waals surface area contributed by atoms with Crippen molar-refractivity contribution < 1.29 is 8.78 Å². The van der Waals surface area contributed by atoms with Crippen LogP contribution in [0.25, 0.3) is 10.8 Å². The summed E-state index contributed by atoms with van der Waals surface area (Å²) < 4.78 is 28.1. The molecule has 2 aromatic carbocycles. The predicted molar refractivity (Wildman–Crippen MR) is 79.0 cm³/mol. The first-order valence-corrected chi connectivity index (χ1v) is 6.66. The van der Waals surface area contributed by atoms with Crippen molar-refractivity contribution in [1.29, 1.82) is 0 Å². The molecule has 3 rings (SSSR count). The molecule has 0 spiro atoms.